The quantitative estimate of drug-likeness (QED) is 0.946. The Labute approximate surface area is 132 Å². The van der Waals surface area contributed by atoms with E-state index in [0.29, 0.717) is 17.1 Å². The molecular weight excluding hydrogens is 304 g/mol. The number of rotatable bonds is 3. The van der Waals surface area contributed by atoms with Crippen LogP contribution in [0.5, 0.6) is 11.5 Å². The van der Waals surface area contributed by atoms with Crippen LogP contribution in [0.1, 0.15) is 18.5 Å². The molecule has 1 aliphatic rings. The van der Waals surface area contributed by atoms with Crippen molar-refractivity contribution in [3.63, 3.8) is 0 Å². The summed E-state index contributed by atoms with van der Waals surface area (Å²) in [6.07, 6.45) is -0.794. The highest BCUT2D eigenvalue weighted by atomic mass is 19.2. The van der Waals surface area contributed by atoms with Crippen molar-refractivity contribution < 1.29 is 23.0 Å². The van der Waals surface area contributed by atoms with Crippen molar-refractivity contribution in [1.29, 1.82) is 0 Å². The zero-order chi connectivity index (χ0) is 16.4. The lowest BCUT2D eigenvalue weighted by molar-refractivity contribution is -0.131. The smallest absolute Gasteiger partial charge is 0.265 e. The van der Waals surface area contributed by atoms with Crippen molar-refractivity contribution in [1.82, 2.24) is 5.32 Å². The summed E-state index contributed by atoms with van der Waals surface area (Å²) < 4.78 is 37.3. The molecule has 1 amide bonds. The Morgan fingerprint density at radius 3 is 2.65 bits per heavy atom. The molecule has 3 rings (SSSR count). The second-order valence-corrected chi connectivity index (χ2v) is 5.27. The number of hydrogen-bond donors (Lipinski definition) is 1. The molecule has 0 spiro atoms. The van der Waals surface area contributed by atoms with Gasteiger partial charge in [-0.15, -0.1) is 0 Å². The second-order valence-electron chi connectivity index (χ2n) is 5.27. The Morgan fingerprint density at radius 2 is 1.91 bits per heavy atom. The van der Waals surface area contributed by atoms with Gasteiger partial charge in [0, 0.05) is 0 Å². The minimum Gasteiger partial charge on any atom is -0.485 e. The Balaban J connectivity index is 1.66. The second kappa shape index (κ2) is 6.24. The molecule has 1 N–H and O–H groups in total. The fourth-order valence-corrected chi connectivity index (χ4v) is 2.32. The molecule has 1 aliphatic heterocycles. The standard InChI is InChI=1S/C17H15F2NO3/c1-10(11-6-7-12(18)13(19)8-11)20-17(21)16-9-22-14-4-2-3-5-15(14)23-16/h2-8,10,16H,9H2,1H3,(H,20,21)/t10-,16+/m1/s1. The van der Waals surface area contributed by atoms with E-state index >= 15 is 0 Å². The third kappa shape index (κ3) is 3.26. The molecule has 0 bridgehead atoms. The summed E-state index contributed by atoms with van der Waals surface area (Å²) in [5, 5.41) is 2.71. The van der Waals surface area contributed by atoms with Gasteiger partial charge in [-0.3, -0.25) is 4.79 Å². The van der Waals surface area contributed by atoms with Gasteiger partial charge < -0.3 is 14.8 Å². The number of fused-ring (bicyclic) bond motifs is 1. The largest absolute Gasteiger partial charge is 0.485 e. The summed E-state index contributed by atoms with van der Waals surface area (Å²) in [6, 6.07) is 10.1. The summed E-state index contributed by atoms with van der Waals surface area (Å²) in [7, 11) is 0. The molecule has 0 saturated heterocycles. The van der Waals surface area contributed by atoms with Gasteiger partial charge in [0.15, 0.2) is 23.1 Å². The van der Waals surface area contributed by atoms with Crippen LogP contribution in [-0.2, 0) is 4.79 Å². The molecule has 0 aliphatic carbocycles. The molecule has 0 radical (unpaired) electrons. The highest BCUT2D eigenvalue weighted by Crippen LogP contribution is 2.31. The van der Waals surface area contributed by atoms with Crippen LogP contribution in [0.2, 0.25) is 0 Å². The van der Waals surface area contributed by atoms with E-state index in [1.54, 1.807) is 25.1 Å². The van der Waals surface area contributed by atoms with Crippen LogP contribution in [0.25, 0.3) is 0 Å². The topological polar surface area (TPSA) is 47.6 Å². The Morgan fingerprint density at radius 1 is 1.17 bits per heavy atom. The summed E-state index contributed by atoms with van der Waals surface area (Å²) >= 11 is 0. The van der Waals surface area contributed by atoms with Crippen LogP contribution in [-0.4, -0.2) is 18.6 Å². The molecule has 0 fully saturated rings. The van der Waals surface area contributed by atoms with Gasteiger partial charge in [-0.1, -0.05) is 18.2 Å². The molecule has 2 atom stereocenters. The third-order valence-corrected chi connectivity index (χ3v) is 3.60. The van der Waals surface area contributed by atoms with E-state index in [1.807, 2.05) is 6.07 Å². The van der Waals surface area contributed by atoms with Crippen LogP contribution in [0.3, 0.4) is 0 Å². The summed E-state index contributed by atoms with van der Waals surface area (Å²) in [6.45, 7) is 1.77. The Hall–Kier alpha value is -2.63. The summed E-state index contributed by atoms with van der Waals surface area (Å²) in [4.78, 5) is 12.3. The number of para-hydroxylation sites is 2. The predicted molar refractivity (Wildman–Crippen MR) is 79.3 cm³/mol. The fraction of sp³-hybridized carbons (Fsp3) is 0.235. The van der Waals surface area contributed by atoms with Gasteiger partial charge in [0.25, 0.3) is 5.91 Å². The van der Waals surface area contributed by atoms with Gasteiger partial charge in [0.2, 0.25) is 6.10 Å². The van der Waals surface area contributed by atoms with Gasteiger partial charge in [-0.05, 0) is 36.8 Å². The van der Waals surface area contributed by atoms with E-state index < -0.39 is 23.8 Å². The maximum absolute atomic E-state index is 13.3. The van der Waals surface area contributed by atoms with E-state index in [0.717, 1.165) is 12.1 Å². The maximum Gasteiger partial charge on any atom is 0.265 e. The van der Waals surface area contributed by atoms with E-state index in [-0.39, 0.29) is 12.5 Å². The number of hydrogen-bond acceptors (Lipinski definition) is 3. The number of ether oxygens (including phenoxy) is 2. The maximum atomic E-state index is 13.3. The molecule has 2 aromatic carbocycles. The van der Waals surface area contributed by atoms with E-state index in [2.05, 4.69) is 5.32 Å². The summed E-state index contributed by atoms with van der Waals surface area (Å²) in [5.74, 6) is -1.16. The van der Waals surface area contributed by atoms with Gasteiger partial charge in [-0.2, -0.15) is 0 Å². The normalized spacial score (nSPS) is 17.4. The van der Waals surface area contributed by atoms with Crippen molar-refractivity contribution in [3.05, 3.63) is 59.7 Å². The van der Waals surface area contributed by atoms with Crippen molar-refractivity contribution in [2.75, 3.05) is 6.61 Å². The number of carbonyl (C=O) groups excluding carboxylic acids is 1. The minimum atomic E-state index is -0.949. The molecule has 0 aromatic heterocycles. The van der Waals surface area contributed by atoms with E-state index in [1.165, 1.54) is 6.07 Å². The van der Waals surface area contributed by atoms with Gasteiger partial charge in [0.1, 0.15) is 6.61 Å². The molecule has 23 heavy (non-hydrogen) atoms. The average molecular weight is 319 g/mol. The lowest BCUT2D eigenvalue weighted by Crippen LogP contribution is -2.44. The van der Waals surface area contributed by atoms with Gasteiger partial charge >= 0.3 is 0 Å². The Bertz CT molecular complexity index is 736. The minimum absolute atomic E-state index is 0.0906. The first kappa shape index (κ1) is 15.3. The zero-order valence-electron chi connectivity index (χ0n) is 12.4. The lowest BCUT2D eigenvalue weighted by Gasteiger charge is -2.26. The first-order valence-electron chi connectivity index (χ1n) is 7.18. The number of amides is 1. The van der Waals surface area contributed by atoms with Crippen molar-refractivity contribution >= 4 is 5.91 Å². The van der Waals surface area contributed by atoms with E-state index in [9.17, 15) is 13.6 Å². The van der Waals surface area contributed by atoms with Crippen molar-refractivity contribution in [3.8, 4) is 11.5 Å². The molecule has 4 nitrogen and oxygen atoms in total. The molecule has 2 aromatic rings. The third-order valence-electron chi connectivity index (χ3n) is 3.60. The molecule has 6 heteroatoms. The molecule has 120 valence electrons. The lowest BCUT2D eigenvalue weighted by atomic mass is 10.1. The number of nitrogens with one attached hydrogen (secondary N) is 1. The van der Waals surface area contributed by atoms with Crippen LogP contribution in [0.15, 0.2) is 42.5 Å². The number of carbonyl (C=O) groups is 1. The SMILES string of the molecule is C[C@@H](NC(=O)[C@@H]1COc2ccccc2O1)c1ccc(F)c(F)c1. The molecule has 1 heterocycles. The fourth-order valence-electron chi connectivity index (χ4n) is 2.32. The highest BCUT2D eigenvalue weighted by molar-refractivity contribution is 5.82. The van der Waals surface area contributed by atoms with Gasteiger partial charge in [-0.25, -0.2) is 8.78 Å². The first-order chi connectivity index (χ1) is 11.0. The van der Waals surface area contributed by atoms with Gasteiger partial charge in [0.05, 0.1) is 6.04 Å². The predicted octanol–water partition coefficient (Wildman–Crippen LogP) is 2.98. The van der Waals surface area contributed by atoms with Crippen LogP contribution < -0.4 is 14.8 Å². The van der Waals surface area contributed by atoms with Crippen molar-refractivity contribution in [2.24, 2.45) is 0 Å². The number of halogens is 2. The van der Waals surface area contributed by atoms with Crippen LogP contribution in [0.4, 0.5) is 8.78 Å². The van der Waals surface area contributed by atoms with Crippen LogP contribution in [0, 0.1) is 11.6 Å². The van der Waals surface area contributed by atoms with Crippen molar-refractivity contribution in [2.45, 2.75) is 19.1 Å². The molecular formula is C17H15F2NO3. The van der Waals surface area contributed by atoms with Crippen LogP contribution >= 0.6 is 0 Å². The average Bonchev–Trinajstić information content (AvgIpc) is 2.56. The monoisotopic (exact) mass is 319 g/mol. The Kier molecular flexibility index (Phi) is 4.14. The first-order valence-corrected chi connectivity index (χ1v) is 7.18. The zero-order valence-corrected chi connectivity index (χ0v) is 12.4. The molecule has 0 saturated carbocycles. The van der Waals surface area contributed by atoms with E-state index in [4.69, 9.17) is 9.47 Å². The highest BCUT2D eigenvalue weighted by Gasteiger charge is 2.28. The number of benzene rings is 2. The summed E-state index contributed by atoms with van der Waals surface area (Å²) in [5.41, 5.74) is 0.467. The molecule has 0 unspecified atom stereocenters.